The Balaban J connectivity index is 0. The largest absolute Gasteiger partial charge is 0.297 e. The van der Waals surface area contributed by atoms with Crippen molar-refractivity contribution in [1.29, 1.82) is 0 Å². The Morgan fingerprint density at radius 1 is 1.00 bits per heavy atom. The molecule has 1 heterocycles. The van der Waals surface area contributed by atoms with Gasteiger partial charge in [-0.3, -0.25) is 9.36 Å². The molecule has 0 atom stereocenters. The maximum absolute atomic E-state index is 11.9. The molecule has 3 nitrogen and oxygen atoms in total. The van der Waals surface area contributed by atoms with Crippen LogP contribution in [0.1, 0.15) is 54.3 Å². The van der Waals surface area contributed by atoms with E-state index in [-0.39, 0.29) is 5.56 Å². The highest BCUT2D eigenvalue weighted by atomic mass is 16.1. The number of nitrogens with zero attached hydrogens (tertiary/aromatic N) is 2. The molecule has 0 unspecified atom stereocenters. The number of aryl methyl sites for hydroxylation is 1. The highest BCUT2D eigenvalue weighted by Crippen LogP contribution is 2.06. The molecular weight excluding hydrogens is 248 g/mol. The quantitative estimate of drug-likeness (QED) is 0.750. The van der Waals surface area contributed by atoms with E-state index in [9.17, 15) is 4.79 Å². The molecule has 0 amide bonds. The predicted octanol–water partition coefficient (Wildman–Crippen LogP) is 4.80. The van der Waals surface area contributed by atoms with Crippen molar-refractivity contribution in [2.75, 3.05) is 0 Å². The van der Waals surface area contributed by atoms with Crippen molar-refractivity contribution >= 4 is 10.9 Å². The van der Waals surface area contributed by atoms with Crippen LogP contribution >= 0.6 is 0 Å². The van der Waals surface area contributed by atoms with Gasteiger partial charge < -0.3 is 0 Å². The summed E-state index contributed by atoms with van der Waals surface area (Å²) in [5, 5.41) is 0.694. The van der Waals surface area contributed by atoms with Crippen LogP contribution in [0.5, 0.6) is 0 Å². The molecule has 1 aromatic carbocycles. The van der Waals surface area contributed by atoms with Crippen molar-refractivity contribution in [2.24, 2.45) is 0 Å². The van der Waals surface area contributed by atoms with E-state index >= 15 is 0 Å². The maximum Gasteiger partial charge on any atom is 0.261 e. The van der Waals surface area contributed by atoms with E-state index in [4.69, 9.17) is 0 Å². The van der Waals surface area contributed by atoms with Crippen LogP contribution in [0.3, 0.4) is 0 Å². The summed E-state index contributed by atoms with van der Waals surface area (Å²) in [6, 6.07) is 7.44. The van der Waals surface area contributed by atoms with Crippen molar-refractivity contribution < 1.29 is 0 Å². The van der Waals surface area contributed by atoms with Gasteiger partial charge in [-0.2, -0.15) is 0 Å². The second kappa shape index (κ2) is 12.4. The van der Waals surface area contributed by atoms with Crippen molar-refractivity contribution in [3.8, 4) is 0 Å². The first-order chi connectivity index (χ1) is 9.74. The van der Waals surface area contributed by atoms with Crippen LogP contribution in [0.15, 0.2) is 29.1 Å². The zero-order chi connectivity index (χ0) is 16.1. The smallest absolute Gasteiger partial charge is 0.261 e. The lowest BCUT2D eigenvalue weighted by Crippen LogP contribution is -2.22. The van der Waals surface area contributed by atoms with Crippen LogP contribution in [0.2, 0.25) is 0 Å². The van der Waals surface area contributed by atoms with Crippen LogP contribution in [0.25, 0.3) is 10.9 Å². The van der Waals surface area contributed by atoms with Crippen molar-refractivity contribution in [3.63, 3.8) is 0 Å². The number of rotatable bonds is 1. The lowest BCUT2D eigenvalue weighted by atomic mass is 10.2. The van der Waals surface area contributed by atoms with E-state index in [0.29, 0.717) is 11.9 Å². The van der Waals surface area contributed by atoms with Gasteiger partial charge in [0.15, 0.2) is 0 Å². The van der Waals surface area contributed by atoms with Gasteiger partial charge in [0, 0.05) is 6.54 Å². The van der Waals surface area contributed by atoms with Crippen LogP contribution in [-0.2, 0) is 6.54 Å². The lowest BCUT2D eigenvalue weighted by molar-refractivity contribution is 0.685. The van der Waals surface area contributed by atoms with E-state index < -0.39 is 0 Å². The molecule has 0 saturated carbocycles. The summed E-state index contributed by atoms with van der Waals surface area (Å²) in [5.41, 5.74) is 0.829. The number of para-hydroxylation sites is 1. The fourth-order valence-electron chi connectivity index (χ4n) is 1.65. The highest BCUT2D eigenvalue weighted by molar-refractivity contribution is 5.77. The molecule has 0 aliphatic rings. The molecule has 20 heavy (non-hydrogen) atoms. The summed E-state index contributed by atoms with van der Waals surface area (Å²) < 4.78 is 1.68. The van der Waals surface area contributed by atoms with Gasteiger partial charge in [-0.1, -0.05) is 53.7 Å². The molecule has 0 saturated heterocycles. The van der Waals surface area contributed by atoms with E-state index in [0.717, 1.165) is 11.3 Å². The number of aromatic nitrogens is 2. The Labute approximate surface area is 123 Å². The van der Waals surface area contributed by atoms with Gasteiger partial charge in [0.1, 0.15) is 5.82 Å². The number of hydrogen-bond donors (Lipinski definition) is 0. The third-order valence-corrected chi connectivity index (χ3v) is 2.37. The normalized spacial score (nSPS) is 8.40. The molecule has 1 aromatic heterocycles. The van der Waals surface area contributed by atoms with E-state index in [1.54, 1.807) is 4.57 Å². The third kappa shape index (κ3) is 5.16. The summed E-state index contributed by atoms with van der Waals surface area (Å²) in [6.45, 7) is 16.5. The van der Waals surface area contributed by atoms with Gasteiger partial charge >= 0.3 is 0 Å². The molecule has 2 aromatic rings. The third-order valence-electron chi connectivity index (χ3n) is 2.37. The molecule has 0 fully saturated rings. The monoisotopic (exact) mass is 278 g/mol. The average Bonchev–Trinajstić information content (AvgIpc) is 2.54. The molecule has 0 aliphatic carbocycles. The van der Waals surface area contributed by atoms with Crippen LogP contribution in [0, 0.1) is 6.92 Å². The standard InChI is InChI=1S/C11H12N2O.3C2H6/c1-3-13-8(2)12-10-7-5-4-6-9(10)11(13)14;3*1-2/h4-7H,3H2,1-2H3;3*1-2H3. The summed E-state index contributed by atoms with van der Waals surface area (Å²) in [6.07, 6.45) is 0. The zero-order valence-electron chi connectivity index (χ0n) is 14.3. The topological polar surface area (TPSA) is 34.9 Å². The summed E-state index contributed by atoms with van der Waals surface area (Å²) in [4.78, 5) is 16.3. The highest BCUT2D eigenvalue weighted by Gasteiger charge is 2.04. The second-order valence-electron chi connectivity index (χ2n) is 3.23. The number of fused-ring (bicyclic) bond motifs is 1. The van der Waals surface area contributed by atoms with E-state index in [2.05, 4.69) is 4.98 Å². The molecule has 0 bridgehead atoms. The minimum absolute atomic E-state index is 0.0515. The fraction of sp³-hybridized carbons (Fsp3) is 0.529. The maximum atomic E-state index is 11.9. The number of benzene rings is 1. The Bertz CT molecular complexity index is 530. The van der Waals surface area contributed by atoms with E-state index in [1.807, 2.05) is 79.7 Å². The predicted molar refractivity (Wildman–Crippen MR) is 90.5 cm³/mol. The van der Waals surface area contributed by atoms with Gasteiger partial charge in [-0.15, -0.1) is 0 Å². The van der Waals surface area contributed by atoms with Gasteiger partial charge in [0.05, 0.1) is 10.9 Å². The first-order valence-corrected chi connectivity index (χ1v) is 7.70. The second-order valence-corrected chi connectivity index (χ2v) is 3.23. The molecule has 3 heteroatoms. The van der Waals surface area contributed by atoms with Crippen LogP contribution in [-0.4, -0.2) is 9.55 Å². The molecule has 2 rings (SSSR count). The first kappa shape index (κ1) is 20.7. The molecule has 114 valence electrons. The minimum atomic E-state index is 0.0515. The Kier molecular flexibility index (Phi) is 12.8. The molecule has 0 radical (unpaired) electrons. The van der Waals surface area contributed by atoms with Gasteiger partial charge in [-0.25, -0.2) is 4.98 Å². The summed E-state index contributed by atoms with van der Waals surface area (Å²) in [5.74, 6) is 0.774. The van der Waals surface area contributed by atoms with Crippen LogP contribution < -0.4 is 5.56 Å². The molecule has 0 spiro atoms. The van der Waals surface area contributed by atoms with Gasteiger partial charge in [0.25, 0.3) is 5.56 Å². The van der Waals surface area contributed by atoms with Crippen LogP contribution in [0.4, 0.5) is 0 Å². The molecule has 0 aliphatic heterocycles. The van der Waals surface area contributed by atoms with Gasteiger partial charge in [0.2, 0.25) is 0 Å². The van der Waals surface area contributed by atoms with E-state index in [1.165, 1.54) is 0 Å². The Hall–Kier alpha value is -1.64. The Morgan fingerprint density at radius 3 is 2.00 bits per heavy atom. The van der Waals surface area contributed by atoms with Crippen molar-refractivity contribution in [2.45, 2.75) is 61.9 Å². The summed E-state index contributed by atoms with van der Waals surface area (Å²) in [7, 11) is 0. The minimum Gasteiger partial charge on any atom is -0.297 e. The average molecular weight is 278 g/mol. The number of hydrogen-bond acceptors (Lipinski definition) is 2. The molecule has 0 N–H and O–H groups in total. The lowest BCUT2D eigenvalue weighted by Gasteiger charge is -2.07. The molecular formula is C17H30N2O. The first-order valence-electron chi connectivity index (χ1n) is 7.70. The Morgan fingerprint density at radius 2 is 1.50 bits per heavy atom. The zero-order valence-corrected chi connectivity index (χ0v) is 14.3. The van der Waals surface area contributed by atoms with Crippen molar-refractivity contribution in [3.05, 3.63) is 40.4 Å². The fourth-order valence-corrected chi connectivity index (χ4v) is 1.65. The van der Waals surface area contributed by atoms with Crippen molar-refractivity contribution in [1.82, 2.24) is 9.55 Å². The van der Waals surface area contributed by atoms with Gasteiger partial charge in [-0.05, 0) is 26.0 Å². The summed E-state index contributed by atoms with van der Waals surface area (Å²) >= 11 is 0. The SMILES string of the molecule is CC.CC.CC.CCn1c(C)nc2ccccc2c1=O.